The van der Waals surface area contributed by atoms with Crippen molar-refractivity contribution in [3.63, 3.8) is 0 Å². The second-order valence-corrected chi connectivity index (χ2v) is 2.26. The summed E-state index contributed by atoms with van der Waals surface area (Å²) in [7, 11) is 1.53. The number of hydrogen-bond donors (Lipinski definition) is 0. The van der Waals surface area contributed by atoms with E-state index in [4.69, 9.17) is 16.3 Å². The van der Waals surface area contributed by atoms with Crippen molar-refractivity contribution in [2.45, 2.75) is 6.92 Å². The first kappa shape index (κ1) is 12.6. The predicted molar refractivity (Wildman–Crippen MR) is 51.3 cm³/mol. The fourth-order valence-electron chi connectivity index (χ4n) is 0.501. The van der Waals surface area contributed by atoms with Gasteiger partial charge in [-0.3, -0.25) is 4.79 Å². The molecule has 0 saturated carbocycles. The number of methoxy groups -OCH3 is 1. The highest BCUT2D eigenvalue weighted by Gasteiger charge is 1.91. The number of carbonyl (C=O) groups excluding carboxylic acids is 1. The van der Waals surface area contributed by atoms with Gasteiger partial charge in [-0.25, -0.2) is 4.98 Å². The van der Waals surface area contributed by atoms with E-state index in [0.717, 1.165) is 0 Å². The molecule has 1 heterocycles. The maximum absolute atomic E-state index is 9.18. The summed E-state index contributed by atoms with van der Waals surface area (Å²) in [6.07, 6.45) is 1.54. The third-order valence-corrected chi connectivity index (χ3v) is 1.23. The molecule has 0 fully saturated rings. The summed E-state index contributed by atoms with van der Waals surface area (Å²) in [5, 5.41) is 0.203. The molecule has 78 valence electrons. The van der Waals surface area contributed by atoms with Crippen LogP contribution in [0.3, 0.4) is 0 Å². The van der Waals surface area contributed by atoms with Gasteiger partial charge in [0.2, 0.25) is 11.2 Å². The van der Waals surface area contributed by atoms with Crippen LogP contribution in [-0.2, 0) is 9.53 Å². The Morgan fingerprint density at radius 3 is 2.64 bits per heavy atom. The molecule has 0 aliphatic carbocycles. The number of ether oxygens (including phenoxy) is 2. The zero-order valence-corrected chi connectivity index (χ0v) is 8.69. The minimum atomic E-state index is 0.203. The minimum absolute atomic E-state index is 0.203. The van der Waals surface area contributed by atoms with Gasteiger partial charge in [0.1, 0.15) is 0 Å². The molecule has 1 aromatic rings. The average molecular weight is 219 g/mol. The molecule has 0 aliphatic rings. The van der Waals surface area contributed by atoms with Crippen LogP contribution in [0.4, 0.5) is 0 Å². The summed E-state index contributed by atoms with van der Waals surface area (Å²) in [5.74, 6) is 0.481. The normalized spacial score (nSPS) is 8.21. The molecule has 1 aromatic heterocycles. The van der Waals surface area contributed by atoms with Crippen molar-refractivity contribution in [3.8, 4) is 5.88 Å². The molecule has 0 amide bonds. The fourth-order valence-corrected chi connectivity index (χ4v) is 0.641. The molecule has 0 aliphatic heterocycles. The number of halogens is 1. The maximum atomic E-state index is 9.18. The summed E-state index contributed by atoms with van der Waals surface area (Å²) in [6, 6.07) is 1.63. The number of aromatic nitrogens is 2. The van der Waals surface area contributed by atoms with Gasteiger partial charge in [-0.2, -0.15) is 4.98 Å². The molecule has 6 heteroatoms. The van der Waals surface area contributed by atoms with Crippen LogP contribution < -0.4 is 4.74 Å². The molecule has 0 spiro atoms. The molecule has 0 radical (unpaired) electrons. The zero-order valence-electron chi connectivity index (χ0n) is 7.94. The van der Waals surface area contributed by atoms with Gasteiger partial charge in [0.25, 0.3) is 6.47 Å². The smallest absolute Gasteiger partial charge is 0.293 e. The lowest BCUT2D eigenvalue weighted by Crippen LogP contribution is -1.87. The van der Waals surface area contributed by atoms with Gasteiger partial charge in [0.05, 0.1) is 13.7 Å². The van der Waals surface area contributed by atoms with Crippen LogP contribution in [-0.4, -0.2) is 30.2 Å². The van der Waals surface area contributed by atoms with Crippen LogP contribution in [0, 0.1) is 0 Å². The second kappa shape index (κ2) is 8.25. The van der Waals surface area contributed by atoms with E-state index in [0.29, 0.717) is 19.0 Å². The summed E-state index contributed by atoms with van der Waals surface area (Å²) in [5.41, 5.74) is 0. The van der Waals surface area contributed by atoms with Gasteiger partial charge >= 0.3 is 0 Å². The Morgan fingerprint density at radius 1 is 1.64 bits per heavy atom. The Kier molecular flexibility index (Phi) is 7.45. The highest BCUT2D eigenvalue weighted by atomic mass is 35.5. The van der Waals surface area contributed by atoms with E-state index in [1.807, 2.05) is 0 Å². The molecule has 0 bridgehead atoms. The largest absolute Gasteiger partial charge is 0.481 e. The average Bonchev–Trinajstić information content (AvgIpc) is 2.20. The van der Waals surface area contributed by atoms with E-state index in [9.17, 15) is 4.79 Å². The van der Waals surface area contributed by atoms with Gasteiger partial charge in [-0.05, 0) is 18.5 Å². The van der Waals surface area contributed by atoms with Crippen LogP contribution in [0.1, 0.15) is 6.92 Å². The van der Waals surface area contributed by atoms with Gasteiger partial charge in [-0.1, -0.05) is 0 Å². The first-order valence-corrected chi connectivity index (χ1v) is 4.20. The fraction of sp³-hybridized carbons (Fsp3) is 0.375. The van der Waals surface area contributed by atoms with Crippen molar-refractivity contribution in [3.05, 3.63) is 17.5 Å². The van der Waals surface area contributed by atoms with Crippen molar-refractivity contribution in [2.75, 3.05) is 13.7 Å². The first-order chi connectivity index (χ1) is 6.74. The summed E-state index contributed by atoms with van der Waals surface area (Å²) >= 11 is 5.42. The van der Waals surface area contributed by atoms with Crippen molar-refractivity contribution >= 4 is 18.1 Å². The molecule has 1 rings (SSSR count). The quantitative estimate of drug-likeness (QED) is 0.566. The first-order valence-electron chi connectivity index (χ1n) is 3.82. The summed E-state index contributed by atoms with van der Waals surface area (Å²) in [6.45, 7) is 2.66. The molecule has 14 heavy (non-hydrogen) atoms. The van der Waals surface area contributed by atoms with Crippen molar-refractivity contribution in [1.82, 2.24) is 9.97 Å². The minimum Gasteiger partial charge on any atom is -0.481 e. The number of rotatable bonds is 3. The van der Waals surface area contributed by atoms with E-state index >= 15 is 0 Å². The molecule has 5 nitrogen and oxygen atoms in total. The van der Waals surface area contributed by atoms with Gasteiger partial charge in [0.15, 0.2) is 0 Å². The molecule has 0 saturated heterocycles. The number of carbonyl (C=O) groups is 1. The lowest BCUT2D eigenvalue weighted by atomic mass is 10.6. The lowest BCUT2D eigenvalue weighted by Gasteiger charge is -1.94. The summed E-state index contributed by atoms with van der Waals surface area (Å²) < 4.78 is 8.91. The number of nitrogens with zero attached hydrogens (tertiary/aromatic N) is 2. The monoisotopic (exact) mass is 218 g/mol. The predicted octanol–water partition coefficient (Wildman–Crippen LogP) is 1.32. The molecule has 0 unspecified atom stereocenters. The van der Waals surface area contributed by atoms with Crippen molar-refractivity contribution < 1.29 is 14.3 Å². The molecular weight excluding hydrogens is 208 g/mol. The second-order valence-electron chi connectivity index (χ2n) is 1.92. The van der Waals surface area contributed by atoms with Gasteiger partial charge in [-0.15, -0.1) is 0 Å². The lowest BCUT2D eigenvalue weighted by molar-refractivity contribution is -0.128. The van der Waals surface area contributed by atoms with E-state index < -0.39 is 0 Å². The van der Waals surface area contributed by atoms with E-state index in [1.54, 1.807) is 13.0 Å². The Balaban J connectivity index is 0.000000292. The van der Waals surface area contributed by atoms with Gasteiger partial charge < -0.3 is 9.47 Å². The number of hydrogen-bond acceptors (Lipinski definition) is 5. The van der Waals surface area contributed by atoms with Crippen LogP contribution in [0.25, 0.3) is 0 Å². The topological polar surface area (TPSA) is 61.3 Å². The highest BCUT2D eigenvalue weighted by molar-refractivity contribution is 6.28. The van der Waals surface area contributed by atoms with Gasteiger partial charge in [0, 0.05) is 12.3 Å². The van der Waals surface area contributed by atoms with E-state index in [-0.39, 0.29) is 5.28 Å². The zero-order chi connectivity index (χ0) is 10.8. The van der Waals surface area contributed by atoms with Crippen molar-refractivity contribution in [1.29, 1.82) is 0 Å². The molecule has 0 aromatic carbocycles. The summed E-state index contributed by atoms with van der Waals surface area (Å²) in [4.78, 5) is 16.6. The Labute approximate surface area is 87.0 Å². The highest BCUT2D eigenvalue weighted by Crippen LogP contribution is 2.06. The van der Waals surface area contributed by atoms with Crippen LogP contribution in [0.2, 0.25) is 5.28 Å². The maximum Gasteiger partial charge on any atom is 0.293 e. The van der Waals surface area contributed by atoms with Crippen molar-refractivity contribution in [2.24, 2.45) is 0 Å². The standard InChI is InChI=1S/C5H5ClN2O.C3H6O2/c1-9-4-2-3-7-5(6)8-4;1-2-5-3-4/h2-3H,1H3;3H,2H2,1H3. The van der Waals surface area contributed by atoms with E-state index in [2.05, 4.69) is 14.7 Å². The Hall–Kier alpha value is -1.36. The molecule has 0 N–H and O–H groups in total. The third kappa shape index (κ3) is 6.19. The third-order valence-electron chi connectivity index (χ3n) is 1.04. The Bertz CT molecular complexity index is 271. The van der Waals surface area contributed by atoms with Crippen LogP contribution >= 0.6 is 11.6 Å². The Morgan fingerprint density at radius 2 is 2.36 bits per heavy atom. The van der Waals surface area contributed by atoms with E-state index in [1.165, 1.54) is 13.3 Å². The van der Waals surface area contributed by atoms with Crippen LogP contribution in [0.5, 0.6) is 5.88 Å². The van der Waals surface area contributed by atoms with Crippen LogP contribution in [0.15, 0.2) is 12.3 Å². The molecule has 0 atom stereocenters. The SMILES string of the molecule is CCOC=O.COc1ccnc(Cl)n1. The molecular formula is C8H11ClN2O3.